The molecule has 0 fully saturated rings. The summed E-state index contributed by atoms with van der Waals surface area (Å²) in [4.78, 5) is 30.1. The van der Waals surface area contributed by atoms with Crippen molar-refractivity contribution in [3.05, 3.63) is 101 Å². The monoisotopic (exact) mass is 511 g/mol. The van der Waals surface area contributed by atoms with Gasteiger partial charge in [-0.05, 0) is 81.4 Å². The lowest BCUT2D eigenvalue weighted by atomic mass is 10.1. The molecular weight excluding hydrogens is 474 g/mol. The van der Waals surface area contributed by atoms with Crippen molar-refractivity contribution in [1.82, 2.24) is 10.2 Å². The quantitative estimate of drug-likeness (QED) is 0.261. The highest BCUT2D eigenvalue weighted by Crippen LogP contribution is 2.36. The van der Waals surface area contributed by atoms with E-state index in [1.165, 1.54) is 18.4 Å². The molecule has 0 bridgehead atoms. The van der Waals surface area contributed by atoms with Crippen LogP contribution in [0.25, 0.3) is 6.08 Å². The SMILES string of the molecule is CCCCN(C)CCCNC(=O)c1ccc(/C=C2/Oc3ccccc3N(Cc3ccc(C)cc3)C2=O)cc1. The molecule has 0 saturated heterocycles. The summed E-state index contributed by atoms with van der Waals surface area (Å²) in [6.45, 7) is 7.37. The summed E-state index contributed by atoms with van der Waals surface area (Å²) in [7, 11) is 2.12. The fourth-order valence-electron chi connectivity index (χ4n) is 4.37. The number of unbranched alkanes of at least 4 members (excludes halogenated alkanes) is 1. The van der Waals surface area contributed by atoms with Crippen LogP contribution < -0.4 is 15.0 Å². The number of rotatable bonds is 11. The van der Waals surface area contributed by atoms with E-state index in [0.717, 1.165) is 36.3 Å². The molecule has 4 rings (SSSR count). The average molecular weight is 512 g/mol. The molecule has 0 aliphatic carbocycles. The van der Waals surface area contributed by atoms with Crippen molar-refractivity contribution in [2.45, 2.75) is 39.7 Å². The van der Waals surface area contributed by atoms with Gasteiger partial charge in [-0.25, -0.2) is 0 Å². The predicted octanol–water partition coefficient (Wildman–Crippen LogP) is 5.81. The number of hydrogen-bond acceptors (Lipinski definition) is 4. The van der Waals surface area contributed by atoms with Crippen LogP contribution in [0.5, 0.6) is 5.75 Å². The predicted molar refractivity (Wildman–Crippen MR) is 153 cm³/mol. The number of carbonyl (C=O) groups is 2. The number of hydrogen-bond donors (Lipinski definition) is 1. The average Bonchev–Trinajstić information content (AvgIpc) is 2.93. The van der Waals surface area contributed by atoms with Crippen LogP contribution in [0, 0.1) is 6.92 Å². The number of carbonyl (C=O) groups excluding carboxylic acids is 2. The van der Waals surface area contributed by atoms with Gasteiger partial charge in [-0.3, -0.25) is 14.5 Å². The summed E-state index contributed by atoms with van der Waals surface area (Å²) in [5, 5.41) is 3.00. The Morgan fingerprint density at radius 1 is 0.974 bits per heavy atom. The third-order valence-corrected chi connectivity index (χ3v) is 6.66. The summed E-state index contributed by atoms with van der Waals surface area (Å²) in [6, 6.07) is 23.0. The lowest BCUT2D eigenvalue weighted by molar-refractivity contribution is -0.117. The normalized spacial score (nSPS) is 13.9. The number of ether oxygens (including phenoxy) is 1. The van der Waals surface area contributed by atoms with Gasteiger partial charge in [-0.15, -0.1) is 0 Å². The fraction of sp³-hybridized carbons (Fsp3) is 0.312. The molecule has 38 heavy (non-hydrogen) atoms. The molecule has 198 valence electrons. The van der Waals surface area contributed by atoms with E-state index in [1.54, 1.807) is 23.1 Å². The number of fused-ring (bicyclic) bond motifs is 1. The van der Waals surface area contributed by atoms with Gasteiger partial charge < -0.3 is 15.0 Å². The summed E-state index contributed by atoms with van der Waals surface area (Å²) in [5.41, 5.74) is 4.35. The van der Waals surface area contributed by atoms with Crippen molar-refractivity contribution < 1.29 is 14.3 Å². The first-order chi connectivity index (χ1) is 18.4. The van der Waals surface area contributed by atoms with Crippen molar-refractivity contribution in [3.63, 3.8) is 0 Å². The van der Waals surface area contributed by atoms with Gasteiger partial charge in [0, 0.05) is 12.1 Å². The summed E-state index contributed by atoms with van der Waals surface area (Å²) in [5.74, 6) is 0.598. The van der Waals surface area contributed by atoms with Crippen molar-refractivity contribution in [2.24, 2.45) is 0 Å². The highest BCUT2D eigenvalue weighted by molar-refractivity contribution is 6.09. The van der Waals surface area contributed by atoms with Crippen LogP contribution in [-0.2, 0) is 11.3 Å². The highest BCUT2D eigenvalue weighted by Gasteiger charge is 2.30. The molecule has 1 aliphatic heterocycles. The molecular formula is C32H37N3O3. The number of nitrogens with one attached hydrogen (secondary N) is 1. The topological polar surface area (TPSA) is 61.9 Å². The van der Waals surface area contributed by atoms with E-state index < -0.39 is 0 Å². The second-order valence-electron chi connectivity index (χ2n) is 9.84. The minimum atomic E-state index is -0.199. The van der Waals surface area contributed by atoms with Gasteiger partial charge in [0.1, 0.15) is 0 Å². The Labute approximate surface area is 225 Å². The van der Waals surface area contributed by atoms with E-state index in [9.17, 15) is 9.59 Å². The van der Waals surface area contributed by atoms with Crippen molar-refractivity contribution in [1.29, 1.82) is 0 Å². The molecule has 6 nitrogen and oxygen atoms in total. The lowest BCUT2D eigenvalue weighted by Crippen LogP contribution is -2.36. The third kappa shape index (κ3) is 7.11. The maximum atomic E-state index is 13.5. The number of benzene rings is 3. The number of nitrogens with zero attached hydrogens (tertiary/aromatic N) is 2. The molecule has 2 amide bonds. The first-order valence-corrected chi connectivity index (χ1v) is 13.4. The summed E-state index contributed by atoms with van der Waals surface area (Å²) >= 11 is 0. The van der Waals surface area contributed by atoms with E-state index in [-0.39, 0.29) is 17.6 Å². The van der Waals surface area contributed by atoms with E-state index in [0.29, 0.717) is 24.4 Å². The van der Waals surface area contributed by atoms with Crippen LogP contribution in [0.3, 0.4) is 0 Å². The molecule has 0 aromatic heterocycles. The van der Waals surface area contributed by atoms with Crippen LogP contribution >= 0.6 is 0 Å². The summed E-state index contributed by atoms with van der Waals surface area (Å²) < 4.78 is 6.01. The Morgan fingerprint density at radius 3 is 2.42 bits per heavy atom. The maximum Gasteiger partial charge on any atom is 0.294 e. The Balaban J connectivity index is 1.41. The zero-order valence-corrected chi connectivity index (χ0v) is 22.6. The van der Waals surface area contributed by atoms with Gasteiger partial charge >= 0.3 is 0 Å². The van der Waals surface area contributed by atoms with E-state index in [4.69, 9.17) is 4.74 Å². The lowest BCUT2D eigenvalue weighted by Gasteiger charge is -2.30. The largest absolute Gasteiger partial charge is 0.449 e. The Hall–Kier alpha value is -3.90. The van der Waals surface area contributed by atoms with E-state index in [2.05, 4.69) is 24.2 Å². The summed E-state index contributed by atoms with van der Waals surface area (Å²) in [6.07, 6.45) is 5.02. The number of anilines is 1. The third-order valence-electron chi connectivity index (χ3n) is 6.66. The standard InChI is InChI=1S/C32H37N3O3/c1-4-5-20-34(3)21-8-19-33-31(36)27-17-15-25(16-18-27)22-30-32(37)35(23-26-13-11-24(2)12-14-26)28-9-6-7-10-29(28)38-30/h6-7,9-18,22H,4-5,8,19-21,23H2,1-3H3,(H,33,36)/b30-22+. The molecule has 0 radical (unpaired) electrons. The number of aryl methyl sites for hydroxylation is 1. The highest BCUT2D eigenvalue weighted by atomic mass is 16.5. The minimum Gasteiger partial charge on any atom is -0.449 e. The fourth-order valence-corrected chi connectivity index (χ4v) is 4.37. The zero-order chi connectivity index (χ0) is 26.9. The second-order valence-corrected chi connectivity index (χ2v) is 9.84. The van der Waals surface area contributed by atoms with E-state index >= 15 is 0 Å². The van der Waals surface area contributed by atoms with Gasteiger partial charge in [0.25, 0.3) is 11.8 Å². The van der Waals surface area contributed by atoms with Gasteiger partial charge in [-0.2, -0.15) is 0 Å². The van der Waals surface area contributed by atoms with Gasteiger partial charge in [0.2, 0.25) is 0 Å². The first-order valence-electron chi connectivity index (χ1n) is 13.4. The molecule has 0 atom stereocenters. The number of amides is 2. The number of para-hydroxylation sites is 2. The van der Waals surface area contributed by atoms with Crippen LogP contribution in [0.15, 0.2) is 78.6 Å². The second kappa shape index (κ2) is 13.1. The molecule has 1 heterocycles. The van der Waals surface area contributed by atoms with Crippen LogP contribution in [0.2, 0.25) is 0 Å². The van der Waals surface area contributed by atoms with Crippen molar-refractivity contribution in [2.75, 3.05) is 31.6 Å². The van der Waals surface area contributed by atoms with Gasteiger partial charge in [0.15, 0.2) is 11.5 Å². The molecule has 0 unspecified atom stereocenters. The smallest absolute Gasteiger partial charge is 0.294 e. The Kier molecular flexibility index (Phi) is 9.33. The van der Waals surface area contributed by atoms with Crippen LogP contribution in [-0.4, -0.2) is 43.4 Å². The molecule has 0 spiro atoms. The first kappa shape index (κ1) is 27.1. The van der Waals surface area contributed by atoms with Crippen LogP contribution in [0.4, 0.5) is 5.69 Å². The van der Waals surface area contributed by atoms with Crippen molar-refractivity contribution >= 4 is 23.6 Å². The van der Waals surface area contributed by atoms with Gasteiger partial charge in [0.05, 0.1) is 12.2 Å². The molecule has 0 saturated carbocycles. The molecule has 6 heteroatoms. The minimum absolute atomic E-state index is 0.0939. The molecule has 3 aromatic rings. The molecule has 1 N–H and O–H groups in total. The maximum absolute atomic E-state index is 13.5. The molecule has 3 aromatic carbocycles. The van der Waals surface area contributed by atoms with Gasteiger partial charge in [-0.1, -0.05) is 67.4 Å². The van der Waals surface area contributed by atoms with E-state index in [1.807, 2.05) is 67.6 Å². The van der Waals surface area contributed by atoms with Crippen molar-refractivity contribution in [3.8, 4) is 5.75 Å². The van der Waals surface area contributed by atoms with Crippen LogP contribution in [0.1, 0.15) is 53.2 Å². The Bertz CT molecular complexity index is 1270. The zero-order valence-electron chi connectivity index (χ0n) is 22.6. The Morgan fingerprint density at radius 2 is 1.68 bits per heavy atom. The molecule has 1 aliphatic rings.